The van der Waals surface area contributed by atoms with Crippen molar-refractivity contribution in [3.8, 4) is 0 Å². The molecule has 12 N–H and O–H groups in total. The van der Waals surface area contributed by atoms with E-state index in [2.05, 4.69) is 0 Å². The Bertz CT molecular complexity index is 765. The van der Waals surface area contributed by atoms with Crippen LogP contribution in [-0.4, -0.2) is 173 Å². The Labute approximate surface area is 231 Å². The third-order valence-electron chi connectivity index (χ3n) is 7.73. The normalized spacial score (nSPS) is 39.0. The standard InChI is InChI=1S/C24H46O16/c1-23(2,13(9(29)5-25)15(31)10(30)6-26)39-21-19(35)17(33)14(11(7-27)37-21)24(3,4)40-22-20(36)18(34)16(32)12(8-28)38-22/h9-22,25-36H,5-8H2,1-4H3/t9-,10+,11?,12?,13?,14+,15-,16-,17?,18?,19?,20?,21+,22+/m1/s1. The van der Waals surface area contributed by atoms with Crippen LogP contribution in [0.3, 0.4) is 0 Å². The Morgan fingerprint density at radius 2 is 1.10 bits per heavy atom. The van der Waals surface area contributed by atoms with Gasteiger partial charge in [-0.25, -0.2) is 0 Å². The van der Waals surface area contributed by atoms with Crippen molar-refractivity contribution in [2.75, 3.05) is 26.4 Å². The van der Waals surface area contributed by atoms with Gasteiger partial charge in [-0.1, -0.05) is 0 Å². The van der Waals surface area contributed by atoms with Crippen molar-refractivity contribution < 1.29 is 80.2 Å². The molecule has 238 valence electrons. The summed E-state index contributed by atoms with van der Waals surface area (Å²) in [6, 6.07) is 0. The van der Waals surface area contributed by atoms with Crippen LogP contribution in [0.4, 0.5) is 0 Å². The van der Waals surface area contributed by atoms with Crippen LogP contribution in [-0.2, 0) is 18.9 Å². The Morgan fingerprint density at radius 3 is 1.60 bits per heavy atom. The second-order valence-corrected chi connectivity index (χ2v) is 11.4. The molecule has 2 fully saturated rings. The number of ether oxygens (including phenoxy) is 4. The fourth-order valence-electron chi connectivity index (χ4n) is 5.53. The van der Waals surface area contributed by atoms with E-state index in [0.717, 1.165) is 0 Å². The van der Waals surface area contributed by atoms with Gasteiger partial charge in [0.05, 0.1) is 62.0 Å². The van der Waals surface area contributed by atoms with Crippen LogP contribution in [0.5, 0.6) is 0 Å². The molecule has 0 saturated carbocycles. The van der Waals surface area contributed by atoms with Crippen molar-refractivity contribution in [3.05, 3.63) is 0 Å². The van der Waals surface area contributed by atoms with Crippen LogP contribution < -0.4 is 0 Å². The fourth-order valence-corrected chi connectivity index (χ4v) is 5.53. The van der Waals surface area contributed by atoms with Crippen molar-refractivity contribution >= 4 is 0 Å². The number of rotatable bonds is 13. The lowest BCUT2D eigenvalue weighted by molar-refractivity contribution is -0.365. The van der Waals surface area contributed by atoms with Crippen molar-refractivity contribution in [3.63, 3.8) is 0 Å². The van der Waals surface area contributed by atoms with Crippen molar-refractivity contribution in [2.24, 2.45) is 11.8 Å². The van der Waals surface area contributed by atoms with Crippen LogP contribution in [0.1, 0.15) is 27.7 Å². The highest BCUT2D eigenvalue weighted by molar-refractivity contribution is 5.00. The third kappa shape index (κ3) is 7.46. The summed E-state index contributed by atoms with van der Waals surface area (Å²) in [4.78, 5) is 0. The maximum atomic E-state index is 11.1. The topological polar surface area (TPSA) is 280 Å². The molecule has 2 rings (SSSR count). The first kappa shape index (κ1) is 35.6. The molecular formula is C24H46O16. The third-order valence-corrected chi connectivity index (χ3v) is 7.73. The molecular weight excluding hydrogens is 544 g/mol. The zero-order valence-corrected chi connectivity index (χ0v) is 22.9. The average Bonchev–Trinajstić information content (AvgIpc) is 2.89. The molecule has 0 aromatic heterocycles. The number of aliphatic hydroxyl groups excluding tert-OH is 12. The van der Waals surface area contributed by atoms with E-state index >= 15 is 0 Å². The molecule has 2 aliphatic rings. The molecule has 0 radical (unpaired) electrons. The first-order valence-electron chi connectivity index (χ1n) is 13.0. The van der Waals surface area contributed by atoms with Gasteiger partial charge in [-0.2, -0.15) is 0 Å². The Hall–Kier alpha value is -0.640. The SMILES string of the molecule is CC(C)(O[C@@H]1OC(CO)[C@H](C(C)(C)O[C@@H]2OC(CO)[C@@H](O)C(O)C2O)C(O)C1O)C([C@H](O)CO)[C@H](O)[C@@H](O)CO. The predicted octanol–water partition coefficient (Wildman–Crippen LogP) is -5.88. The molecule has 0 spiro atoms. The van der Waals surface area contributed by atoms with E-state index in [-0.39, 0.29) is 0 Å². The first-order chi connectivity index (χ1) is 18.5. The van der Waals surface area contributed by atoms with Gasteiger partial charge in [0.15, 0.2) is 12.6 Å². The van der Waals surface area contributed by atoms with Gasteiger partial charge >= 0.3 is 0 Å². The quantitative estimate of drug-likeness (QED) is 0.0951. The van der Waals surface area contributed by atoms with Crippen LogP contribution in [0.2, 0.25) is 0 Å². The molecule has 2 heterocycles. The first-order valence-corrected chi connectivity index (χ1v) is 13.0. The minimum absolute atomic E-state index is 0.705. The summed E-state index contributed by atoms with van der Waals surface area (Å²) in [5.41, 5.74) is -3.22. The molecule has 0 aliphatic carbocycles. The Kier molecular flexibility index (Phi) is 12.6. The lowest BCUT2D eigenvalue weighted by Crippen LogP contribution is -2.66. The van der Waals surface area contributed by atoms with E-state index in [9.17, 15) is 61.3 Å². The highest BCUT2D eigenvalue weighted by Crippen LogP contribution is 2.41. The highest BCUT2D eigenvalue weighted by atomic mass is 16.7. The maximum absolute atomic E-state index is 11.1. The van der Waals surface area contributed by atoms with E-state index in [0.29, 0.717) is 0 Å². The summed E-state index contributed by atoms with van der Waals surface area (Å²) in [5, 5.41) is 122. The van der Waals surface area contributed by atoms with E-state index in [1.807, 2.05) is 0 Å². The minimum atomic E-state index is -1.82. The van der Waals surface area contributed by atoms with E-state index < -0.39 is 123 Å². The summed E-state index contributed by atoms with van der Waals surface area (Å²) in [7, 11) is 0. The summed E-state index contributed by atoms with van der Waals surface area (Å²) in [6.07, 6.45) is -19.7. The maximum Gasteiger partial charge on any atom is 0.187 e. The molecule has 16 nitrogen and oxygen atoms in total. The lowest BCUT2D eigenvalue weighted by Gasteiger charge is -2.52. The zero-order chi connectivity index (χ0) is 30.7. The smallest absolute Gasteiger partial charge is 0.187 e. The van der Waals surface area contributed by atoms with Gasteiger partial charge in [-0.3, -0.25) is 0 Å². The molecule has 2 saturated heterocycles. The van der Waals surface area contributed by atoms with Gasteiger partial charge in [0.1, 0.15) is 36.6 Å². The van der Waals surface area contributed by atoms with E-state index in [4.69, 9.17) is 18.9 Å². The molecule has 2 aliphatic heterocycles. The summed E-state index contributed by atoms with van der Waals surface area (Å²) in [6.45, 7) is 2.38. The molecule has 16 heteroatoms. The van der Waals surface area contributed by atoms with Crippen LogP contribution in [0, 0.1) is 11.8 Å². The lowest BCUT2D eigenvalue weighted by atomic mass is 9.77. The molecule has 40 heavy (non-hydrogen) atoms. The van der Waals surface area contributed by atoms with Gasteiger partial charge in [-0.15, -0.1) is 0 Å². The molecule has 14 atom stereocenters. The van der Waals surface area contributed by atoms with Gasteiger partial charge in [0, 0.05) is 11.8 Å². The molecule has 0 aromatic rings. The van der Waals surface area contributed by atoms with Crippen molar-refractivity contribution in [1.29, 1.82) is 0 Å². The monoisotopic (exact) mass is 590 g/mol. The largest absolute Gasteiger partial charge is 0.394 e. The van der Waals surface area contributed by atoms with Crippen LogP contribution >= 0.6 is 0 Å². The number of hydrogen-bond acceptors (Lipinski definition) is 16. The Morgan fingerprint density at radius 1 is 0.625 bits per heavy atom. The fraction of sp³-hybridized carbons (Fsp3) is 1.00. The molecule has 0 amide bonds. The van der Waals surface area contributed by atoms with Crippen molar-refractivity contribution in [2.45, 2.75) is 113 Å². The second kappa shape index (κ2) is 14.2. The minimum Gasteiger partial charge on any atom is -0.394 e. The van der Waals surface area contributed by atoms with Gasteiger partial charge in [0.25, 0.3) is 0 Å². The molecule has 0 bridgehead atoms. The average molecular weight is 591 g/mol. The molecule has 0 aromatic carbocycles. The Balaban J connectivity index is 2.28. The van der Waals surface area contributed by atoms with Crippen LogP contribution in [0.15, 0.2) is 0 Å². The molecule has 7 unspecified atom stereocenters. The highest BCUT2D eigenvalue weighted by Gasteiger charge is 2.56. The van der Waals surface area contributed by atoms with E-state index in [1.54, 1.807) is 0 Å². The van der Waals surface area contributed by atoms with Crippen molar-refractivity contribution in [1.82, 2.24) is 0 Å². The zero-order valence-electron chi connectivity index (χ0n) is 22.9. The summed E-state index contributed by atoms with van der Waals surface area (Å²) in [5.74, 6) is -2.65. The van der Waals surface area contributed by atoms with Gasteiger partial charge in [-0.05, 0) is 27.7 Å². The number of aliphatic hydroxyl groups is 12. The second-order valence-electron chi connectivity index (χ2n) is 11.4. The van der Waals surface area contributed by atoms with Gasteiger partial charge in [0.2, 0.25) is 0 Å². The predicted molar refractivity (Wildman–Crippen MR) is 131 cm³/mol. The summed E-state index contributed by atoms with van der Waals surface area (Å²) < 4.78 is 22.8. The van der Waals surface area contributed by atoms with Gasteiger partial charge < -0.3 is 80.2 Å². The van der Waals surface area contributed by atoms with E-state index in [1.165, 1.54) is 27.7 Å². The summed E-state index contributed by atoms with van der Waals surface area (Å²) >= 11 is 0. The number of hydrogen-bond donors (Lipinski definition) is 12. The van der Waals surface area contributed by atoms with Crippen LogP contribution in [0.25, 0.3) is 0 Å².